The molecule has 0 radical (unpaired) electrons. The van der Waals surface area contributed by atoms with Crippen LogP contribution in [0.15, 0.2) is 65.5 Å². The summed E-state index contributed by atoms with van der Waals surface area (Å²) in [6.45, 7) is 0.506. The zero-order chi connectivity index (χ0) is 23.8. The molecule has 2 N–H and O–H groups in total. The van der Waals surface area contributed by atoms with Crippen molar-refractivity contribution in [1.29, 1.82) is 0 Å². The van der Waals surface area contributed by atoms with Crippen LogP contribution in [-0.2, 0) is 9.53 Å². The summed E-state index contributed by atoms with van der Waals surface area (Å²) in [5.41, 5.74) is 2.35. The van der Waals surface area contributed by atoms with Crippen LogP contribution in [0.4, 0.5) is 17.6 Å². The minimum atomic E-state index is -0.257. The van der Waals surface area contributed by atoms with Gasteiger partial charge in [-0.3, -0.25) is 4.79 Å². The second-order valence-corrected chi connectivity index (χ2v) is 7.18. The van der Waals surface area contributed by atoms with E-state index < -0.39 is 0 Å². The van der Waals surface area contributed by atoms with Gasteiger partial charge in [-0.05, 0) is 18.6 Å². The lowest BCUT2D eigenvalue weighted by molar-refractivity contribution is -0.140. The summed E-state index contributed by atoms with van der Waals surface area (Å²) in [5, 5.41) is 6.37. The van der Waals surface area contributed by atoms with E-state index in [1.54, 1.807) is 13.3 Å². The number of carbonyl (C=O) groups excluding carboxylic acids is 1. The predicted molar refractivity (Wildman–Crippen MR) is 127 cm³/mol. The van der Waals surface area contributed by atoms with E-state index in [0.717, 1.165) is 16.8 Å². The first-order valence-electron chi connectivity index (χ1n) is 10.6. The highest BCUT2D eigenvalue weighted by Gasteiger charge is 2.13. The third-order valence-electron chi connectivity index (χ3n) is 4.89. The zero-order valence-electron chi connectivity index (χ0n) is 18.8. The number of aromatic nitrogens is 4. The molecule has 0 unspecified atom stereocenters. The fraction of sp³-hybridized carbons (Fsp3) is 0.208. The first-order chi connectivity index (χ1) is 16.7. The summed E-state index contributed by atoms with van der Waals surface area (Å²) < 4.78 is 15.6. The van der Waals surface area contributed by atoms with Gasteiger partial charge in [0, 0.05) is 30.3 Å². The van der Waals surface area contributed by atoms with Gasteiger partial charge in [-0.2, -0.15) is 15.0 Å². The van der Waals surface area contributed by atoms with E-state index >= 15 is 0 Å². The fourth-order valence-corrected chi connectivity index (χ4v) is 3.21. The quantitative estimate of drug-likeness (QED) is 0.261. The second-order valence-electron chi connectivity index (χ2n) is 7.18. The summed E-state index contributed by atoms with van der Waals surface area (Å²) in [7, 11) is 2.96. The third kappa shape index (κ3) is 5.66. The maximum Gasteiger partial charge on any atom is 0.305 e. The van der Waals surface area contributed by atoms with E-state index in [1.165, 1.54) is 13.5 Å². The number of esters is 1. The maximum atomic E-state index is 11.4. The van der Waals surface area contributed by atoms with Gasteiger partial charge in [0.2, 0.25) is 11.9 Å². The van der Waals surface area contributed by atoms with E-state index in [0.29, 0.717) is 48.6 Å². The molecule has 4 rings (SSSR count). The maximum absolute atomic E-state index is 11.4. The van der Waals surface area contributed by atoms with Gasteiger partial charge in [0.15, 0.2) is 18.0 Å². The molecule has 0 fully saturated rings. The Labute approximate surface area is 196 Å². The Morgan fingerprint density at radius 1 is 1.03 bits per heavy atom. The van der Waals surface area contributed by atoms with Crippen molar-refractivity contribution in [3.63, 3.8) is 0 Å². The number of nitrogens with one attached hydrogen (secondary N) is 2. The zero-order valence-corrected chi connectivity index (χ0v) is 18.8. The molecule has 0 amide bonds. The van der Waals surface area contributed by atoms with Gasteiger partial charge in [-0.25, -0.2) is 4.98 Å². The Hall–Kier alpha value is -4.47. The molecule has 0 saturated heterocycles. The molecule has 0 atom stereocenters. The lowest BCUT2D eigenvalue weighted by atomic mass is 10.1. The molecule has 4 aromatic rings. The lowest BCUT2D eigenvalue weighted by Crippen LogP contribution is -2.11. The molecule has 0 aliphatic heterocycles. The van der Waals surface area contributed by atoms with Gasteiger partial charge < -0.3 is 24.5 Å². The monoisotopic (exact) mass is 460 g/mol. The number of anilines is 3. The molecule has 0 saturated carbocycles. The Kier molecular flexibility index (Phi) is 7.28. The number of hydrogen-bond donors (Lipinski definition) is 2. The highest BCUT2D eigenvalue weighted by Crippen LogP contribution is 2.33. The SMILES string of the molecule is COC(=O)CCCNc1nc(Nc2ccc(-c3cnco3)c(OC)c2)nc(-c2ccccc2)n1. The van der Waals surface area contributed by atoms with Crippen LogP contribution in [0.25, 0.3) is 22.7 Å². The standard InChI is InChI=1S/C24H24N6O4/c1-32-19-13-17(10-11-18(19)20-14-25-15-34-20)27-24-29-22(16-7-4-3-5-8-16)28-23(30-24)26-12-6-9-21(31)33-2/h3-5,7-8,10-11,13-15H,6,9,12H2,1-2H3,(H2,26,27,28,29,30). The van der Waals surface area contributed by atoms with Crippen LogP contribution in [0.3, 0.4) is 0 Å². The largest absolute Gasteiger partial charge is 0.496 e. The summed E-state index contributed by atoms with van der Waals surface area (Å²) in [6.07, 6.45) is 3.89. The first kappa shape index (κ1) is 22.7. The van der Waals surface area contributed by atoms with Crippen molar-refractivity contribution in [2.75, 3.05) is 31.4 Å². The number of carbonyl (C=O) groups is 1. The highest BCUT2D eigenvalue weighted by atomic mass is 16.5. The van der Waals surface area contributed by atoms with Gasteiger partial charge in [-0.15, -0.1) is 0 Å². The van der Waals surface area contributed by atoms with E-state index in [1.807, 2.05) is 48.5 Å². The third-order valence-corrected chi connectivity index (χ3v) is 4.89. The molecule has 0 aliphatic rings. The normalized spacial score (nSPS) is 10.5. The van der Waals surface area contributed by atoms with E-state index in [9.17, 15) is 4.79 Å². The van der Waals surface area contributed by atoms with Crippen molar-refractivity contribution in [3.05, 3.63) is 61.1 Å². The molecule has 10 nitrogen and oxygen atoms in total. The molecule has 10 heteroatoms. The van der Waals surface area contributed by atoms with Crippen LogP contribution >= 0.6 is 0 Å². The summed E-state index contributed by atoms with van der Waals surface area (Å²) in [4.78, 5) is 28.9. The average Bonchev–Trinajstić information content (AvgIpc) is 3.41. The number of oxazole rings is 1. The van der Waals surface area contributed by atoms with E-state index in [-0.39, 0.29) is 5.97 Å². The molecule has 0 bridgehead atoms. The van der Waals surface area contributed by atoms with Crippen molar-refractivity contribution in [1.82, 2.24) is 19.9 Å². The van der Waals surface area contributed by atoms with Gasteiger partial charge in [0.25, 0.3) is 0 Å². The van der Waals surface area contributed by atoms with Crippen LogP contribution < -0.4 is 15.4 Å². The minimum absolute atomic E-state index is 0.257. The van der Waals surface area contributed by atoms with Crippen LogP contribution in [0.5, 0.6) is 5.75 Å². The highest BCUT2D eigenvalue weighted by molar-refractivity contribution is 5.71. The van der Waals surface area contributed by atoms with Gasteiger partial charge in [0.1, 0.15) is 5.75 Å². The van der Waals surface area contributed by atoms with E-state index in [2.05, 4.69) is 35.3 Å². The topological polar surface area (TPSA) is 124 Å². The number of hydrogen-bond acceptors (Lipinski definition) is 10. The summed E-state index contributed by atoms with van der Waals surface area (Å²) >= 11 is 0. The number of rotatable bonds is 10. The molecule has 2 heterocycles. The van der Waals surface area contributed by atoms with Crippen molar-refractivity contribution < 1.29 is 18.7 Å². The van der Waals surface area contributed by atoms with Crippen molar-refractivity contribution >= 4 is 23.6 Å². The lowest BCUT2D eigenvalue weighted by Gasteiger charge is -2.12. The molecule has 2 aromatic heterocycles. The summed E-state index contributed by atoms with van der Waals surface area (Å²) in [6, 6.07) is 15.2. The smallest absolute Gasteiger partial charge is 0.305 e. The van der Waals surface area contributed by atoms with Crippen molar-refractivity contribution in [2.24, 2.45) is 0 Å². The van der Waals surface area contributed by atoms with Crippen LogP contribution in [0, 0.1) is 0 Å². The van der Waals surface area contributed by atoms with Crippen LogP contribution in [0.1, 0.15) is 12.8 Å². The Morgan fingerprint density at radius 3 is 2.59 bits per heavy atom. The van der Waals surface area contributed by atoms with Gasteiger partial charge in [-0.1, -0.05) is 30.3 Å². The predicted octanol–water partition coefficient (Wildman–Crippen LogP) is 4.31. The molecular formula is C24H24N6O4. The number of ether oxygens (including phenoxy) is 2. The minimum Gasteiger partial charge on any atom is -0.496 e. The average molecular weight is 460 g/mol. The Bertz CT molecular complexity index is 1230. The molecule has 34 heavy (non-hydrogen) atoms. The van der Waals surface area contributed by atoms with Crippen LogP contribution in [0.2, 0.25) is 0 Å². The summed E-state index contributed by atoms with van der Waals surface area (Å²) in [5.74, 6) is 2.23. The molecular weight excluding hydrogens is 436 g/mol. The number of methoxy groups -OCH3 is 2. The van der Waals surface area contributed by atoms with E-state index in [4.69, 9.17) is 9.15 Å². The van der Waals surface area contributed by atoms with Crippen molar-refractivity contribution in [3.8, 4) is 28.5 Å². The second kappa shape index (κ2) is 10.9. The van der Waals surface area contributed by atoms with Crippen molar-refractivity contribution in [2.45, 2.75) is 12.8 Å². The molecule has 0 aliphatic carbocycles. The van der Waals surface area contributed by atoms with Gasteiger partial charge in [0.05, 0.1) is 26.0 Å². The Balaban J connectivity index is 1.58. The molecule has 0 spiro atoms. The molecule has 2 aromatic carbocycles. The van der Waals surface area contributed by atoms with Gasteiger partial charge >= 0.3 is 5.97 Å². The fourth-order valence-electron chi connectivity index (χ4n) is 3.21. The number of benzene rings is 2. The molecule has 174 valence electrons. The van der Waals surface area contributed by atoms with Crippen LogP contribution in [-0.4, -0.2) is 46.7 Å². The number of nitrogens with zero attached hydrogens (tertiary/aromatic N) is 4. The Morgan fingerprint density at radius 2 is 1.85 bits per heavy atom. The first-order valence-corrected chi connectivity index (χ1v) is 10.6.